The average molecular weight is 442 g/mol. The monoisotopic (exact) mass is 441 g/mol. The summed E-state index contributed by atoms with van der Waals surface area (Å²) in [4.78, 5) is 42.0. The highest BCUT2D eigenvalue weighted by Crippen LogP contribution is 2.29. The molecule has 1 aliphatic heterocycles. The SMILES string of the molecule is CC(=O)N1CCN(C(=O)c2cn[nH]c2-c2ccc(F)cc2)CCNC(=O)C2CCCCC21. The Balaban J connectivity index is 1.57. The summed E-state index contributed by atoms with van der Waals surface area (Å²) in [5.41, 5.74) is 1.52. The number of rotatable bonds is 2. The summed E-state index contributed by atoms with van der Waals surface area (Å²) in [5.74, 6) is -0.952. The highest BCUT2D eigenvalue weighted by atomic mass is 19.1. The molecular weight excluding hydrogens is 413 g/mol. The topological polar surface area (TPSA) is 98.4 Å². The zero-order valence-electron chi connectivity index (χ0n) is 18.1. The van der Waals surface area contributed by atoms with Crippen molar-refractivity contribution in [2.75, 3.05) is 26.2 Å². The van der Waals surface area contributed by atoms with E-state index in [0.29, 0.717) is 43.0 Å². The van der Waals surface area contributed by atoms with E-state index in [1.807, 2.05) is 0 Å². The molecule has 9 heteroatoms. The first kappa shape index (κ1) is 22.0. The van der Waals surface area contributed by atoms with E-state index in [0.717, 1.165) is 25.7 Å². The molecule has 2 unspecified atom stereocenters. The van der Waals surface area contributed by atoms with Crippen molar-refractivity contribution >= 4 is 17.7 Å². The molecule has 0 spiro atoms. The number of hydrogen-bond donors (Lipinski definition) is 2. The lowest BCUT2D eigenvalue weighted by Gasteiger charge is -2.40. The van der Waals surface area contributed by atoms with Crippen LogP contribution in [0.4, 0.5) is 4.39 Å². The number of aromatic amines is 1. The maximum absolute atomic E-state index is 13.4. The third-order valence-corrected chi connectivity index (χ3v) is 6.45. The Morgan fingerprint density at radius 2 is 1.84 bits per heavy atom. The Morgan fingerprint density at radius 3 is 2.59 bits per heavy atom. The van der Waals surface area contributed by atoms with Crippen molar-refractivity contribution in [1.29, 1.82) is 0 Å². The Labute approximate surface area is 186 Å². The molecule has 2 aromatic rings. The highest BCUT2D eigenvalue weighted by Gasteiger charge is 2.37. The van der Waals surface area contributed by atoms with Gasteiger partial charge < -0.3 is 15.1 Å². The van der Waals surface area contributed by atoms with Crippen molar-refractivity contribution in [2.24, 2.45) is 5.92 Å². The smallest absolute Gasteiger partial charge is 0.257 e. The van der Waals surface area contributed by atoms with Gasteiger partial charge >= 0.3 is 0 Å². The second kappa shape index (κ2) is 9.50. The first-order chi connectivity index (χ1) is 15.5. The number of hydrogen-bond acceptors (Lipinski definition) is 4. The van der Waals surface area contributed by atoms with Crippen LogP contribution in [0.25, 0.3) is 11.3 Å². The molecule has 1 saturated heterocycles. The van der Waals surface area contributed by atoms with Crippen molar-refractivity contribution in [3.8, 4) is 11.3 Å². The van der Waals surface area contributed by atoms with Crippen LogP contribution in [0.1, 0.15) is 43.0 Å². The van der Waals surface area contributed by atoms with Gasteiger partial charge in [-0.1, -0.05) is 12.8 Å². The predicted octanol–water partition coefficient (Wildman–Crippen LogP) is 2.20. The summed E-state index contributed by atoms with van der Waals surface area (Å²) in [7, 11) is 0. The molecule has 0 bridgehead atoms. The van der Waals surface area contributed by atoms with Crippen LogP contribution in [0.5, 0.6) is 0 Å². The Morgan fingerprint density at radius 1 is 1.09 bits per heavy atom. The average Bonchev–Trinajstić information content (AvgIpc) is 3.28. The fourth-order valence-electron chi connectivity index (χ4n) is 4.79. The molecule has 3 amide bonds. The van der Waals surface area contributed by atoms with E-state index in [-0.39, 0.29) is 35.5 Å². The molecule has 2 aliphatic rings. The first-order valence-electron chi connectivity index (χ1n) is 11.1. The number of carbonyl (C=O) groups is 3. The van der Waals surface area contributed by atoms with Gasteiger partial charge in [0.15, 0.2) is 0 Å². The minimum Gasteiger partial charge on any atom is -0.354 e. The Bertz CT molecular complexity index is 990. The van der Waals surface area contributed by atoms with Crippen molar-refractivity contribution in [3.05, 3.63) is 41.8 Å². The summed E-state index contributed by atoms with van der Waals surface area (Å²) >= 11 is 0. The molecule has 1 aliphatic carbocycles. The number of halogens is 1. The first-order valence-corrected chi connectivity index (χ1v) is 11.1. The quantitative estimate of drug-likeness (QED) is 0.747. The van der Waals surface area contributed by atoms with Crippen LogP contribution in [-0.2, 0) is 9.59 Å². The minimum absolute atomic E-state index is 0.0504. The molecule has 2 fully saturated rings. The summed E-state index contributed by atoms with van der Waals surface area (Å²) in [5, 5.41) is 9.81. The Kier molecular flexibility index (Phi) is 6.53. The number of benzene rings is 1. The number of nitrogens with zero attached hydrogens (tertiary/aromatic N) is 3. The molecular formula is C23H28FN5O3. The van der Waals surface area contributed by atoms with Gasteiger partial charge in [-0.2, -0.15) is 5.10 Å². The lowest BCUT2D eigenvalue weighted by Crippen LogP contribution is -2.55. The fourth-order valence-corrected chi connectivity index (χ4v) is 4.79. The van der Waals surface area contributed by atoms with Crippen LogP contribution >= 0.6 is 0 Å². The fraction of sp³-hybridized carbons (Fsp3) is 0.478. The van der Waals surface area contributed by atoms with Gasteiger partial charge in [0.1, 0.15) is 5.82 Å². The van der Waals surface area contributed by atoms with Gasteiger partial charge in [-0.05, 0) is 37.1 Å². The number of amides is 3. The van der Waals surface area contributed by atoms with Gasteiger partial charge in [-0.3, -0.25) is 19.5 Å². The van der Waals surface area contributed by atoms with Crippen LogP contribution in [-0.4, -0.2) is 69.9 Å². The molecule has 1 aromatic heterocycles. The summed E-state index contributed by atoms with van der Waals surface area (Å²) in [6, 6.07) is 5.69. The third kappa shape index (κ3) is 4.51. The molecule has 170 valence electrons. The van der Waals surface area contributed by atoms with E-state index in [1.54, 1.807) is 21.9 Å². The van der Waals surface area contributed by atoms with Gasteiger partial charge in [0.25, 0.3) is 5.91 Å². The second-order valence-corrected chi connectivity index (χ2v) is 8.42. The zero-order chi connectivity index (χ0) is 22.7. The molecule has 8 nitrogen and oxygen atoms in total. The van der Waals surface area contributed by atoms with Crippen molar-refractivity contribution in [1.82, 2.24) is 25.3 Å². The van der Waals surface area contributed by atoms with Crippen molar-refractivity contribution in [2.45, 2.75) is 38.6 Å². The van der Waals surface area contributed by atoms with Crippen LogP contribution in [0, 0.1) is 11.7 Å². The van der Waals surface area contributed by atoms with Gasteiger partial charge in [-0.25, -0.2) is 4.39 Å². The maximum atomic E-state index is 13.4. The predicted molar refractivity (Wildman–Crippen MR) is 116 cm³/mol. The number of carbonyl (C=O) groups excluding carboxylic acids is 3. The molecule has 1 aromatic carbocycles. The van der Waals surface area contributed by atoms with Crippen LogP contribution < -0.4 is 5.32 Å². The number of nitrogens with one attached hydrogen (secondary N) is 2. The van der Waals surface area contributed by atoms with Crippen molar-refractivity contribution in [3.63, 3.8) is 0 Å². The van der Waals surface area contributed by atoms with E-state index in [4.69, 9.17) is 0 Å². The summed E-state index contributed by atoms with van der Waals surface area (Å²) < 4.78 is 13.3. The second-order valence-electron chi connectivity index (χ2n) is 8.42. The summed E-state index contributed by atoms with van der Waals surface area (Å²) in [6.45, 7) is 2.91. The van der Waals surface area contributed by atoms with E-state index in [9.17, 15) is 18.8 Å². The molecule has 0 radical (unpaired) electrons. The molecule has 4 rings (SSSR count). The van der Waals surface area contributed by atoms with Gasteiger partial charge in [0.05, 0.1) is 23.4 Å². The number of H-pyrrole nitrogens is 1. The van der Waals surface area contributed by atoms with E-state index >= 15 is 0 Å². The van der Waals surface area contributed by atoms with Gasteiger partial charge in [-0.15, -0.1) is 0 Å². The standard InChI is InChI=1S/C23H28FN5O3/c1-15(30)29-13-12-28(11-10-25-22(31)18-4-2-3-5-20(18)29)23(32)19-14-26-27-21(19)16-6-8-17(24)9-7-16/h6-9,14,18,20H,2-5,10-13H2,1H3,(H,25,31)(H,26,27). The van der Waals surface area contributed by atoms with E-state index < -0.39 is 0 Å². The molecule has 2 N–H and O–H groups in total. The number of aromatic nitrogens is 2. The number of fused-ring (bicyclic) bond motifs is 1. The third-order valence-electron chi connectivity index (χ3n) is 6.45. The largest absolute Gasteiger partial charge is 0.354 e. The lowest BCUT2D eigenvalue weighted by atomic mass is 9.82. The molecule has 1 saturated carbocycles. The van der Waals surface area contributed by atoms with E-state index in [2.05, 4.69) is 15.5 Å². The van der Waals surface area contributed by atoms with E-state index in [1.165, 1.54) is 25.3 Å². The van der Waals surface area contributed by atoms with Crippen LogP contribution in [0.15, 0.2) is 30.5 Å². The molecule has 2 heterocycles. The van der Waals surface area contributed by atoms with Crippen LogP contribution in [0.2, 0.25) is 0 Å². The van der Waals surface area contributed by atoms with Crippen molar-refractivity contribution < 1.29 is 18.8 Å². The highest BCUT2D eigenvalue weighted by molar-refractivity contribution is 5.99. The normalized spacial score (nSPS) is 22.1. The molecule has 32 heavy (non-hydrogen) atoms. The lowest BCUT2D eigenvalue weighted by molar-refractivity contribution is -0.137. The minimum atomic E-state index is -0.363. The van der Waals surface area contributed by atoms with Crippen LogP contribution in [0.3, 0.4) is 0 Å². The molecule has 2 atom stereocenters. The maximum Gasteiger partial charge on any atom is 0.257 e. The zero-order valence-corrected chi connectivity index (χ0v) is 18.1. The van der Waals surface area contributed by atoms with Gasteiger partial charge in [0.2, 0.25) is 11.8 Å². The summed E-state index contributed by atoms with van der Waals surface area (Å²) in [6.07, 6.45) is 4.99. The Hall–Kier alpha value is -3.23. The van der Waals surface area contributed by atoms with Gasteiger partial charge in [0, 0.05) is 44.7 Å².